The maximum absolute atomic E-state index is 9.88. The summed E-state index contributed by atoms with van der Waals surface area (Å²) in [7, 11) is 2.16. The van der Waals surface area contributed by atoms with E-state index in [1.165, 1.54) is 6.42 Å². The molecule has 0 bridgehead atoms. The molecule has 0 aromatic heterocycles. The molecule has 0 rings (SSSR count). The highest BCUT2D eigenvalue weighted by molar-refractivity contribution is 7.59. The average Bonchev–Trinajstić information content (AvgIpc) is 1.92. The molecule has 0 aromatic carbocycles. The van der Waals surface area contributed by atoms with E-state index in [1.807, 2.05) is 13.8 Å². The smallest absolute Gasteiger partial charge is 0.0597 e. The lowest BCUT2D eigenvalue weighted by Crippen LogP contribution is -2.40. The molecule has 0 aliphatic carbocycles. The van der Waals surface area contributed by atoms with Gasteiger partial charge in [-0.15, -0.1) is 0 Å². The Labute approximate surface area is 135 Å². The molecule has 0 atom stereocenters. The lowest BCUT2D eigenvalue weighted by atomic mass is 9.81. The van der Waals surface area contributed by atoms with Gasteiger partial charge in [0.2, 0.25) is 0 Å². The van der Waals surface area contributed by atoms with Crippen molar-refractivity contribution >= 4 is 13.5 Å². The first kappa shape index (κ1) is 25.2. The van der Waals surface area contributed by atoms with Crippen LogP contribution in [0.15, 0.2) is 0 Å². The maximum Gasteiger partial charge on any atom is 0.0597 e. The molecule has 0 saturated carbocycles. The fourth-order valence-electron chi connectivity index (χ4n) is 2.82. The van der Waals surface area contributed by atoms with E-state index in [0.717, 1.165) is 19.5 Å². The van der Waals surface area contributed by atoms with E-state index < -0.39 is 5.60 Å². The summed E-state index contributed by atoms with van der Waals surface area (Å²) in [5, 5.41) is 9.88. The van der Waals surface area contributed by atoms with Crippen molar-refractivity contribution in [1.82, 2.24) is 4.90 Å². The molecule has 0 spiro atoms. The van der Waals surface area contributed by atoms with Crippen LogP contribution in [0, 0.1) is 10.8 Å². The van der Waals surface area contributed by atoms with Gasteiger partial charge < -0.3 is 10.0 Å². The quantitative estimate of drug-likeness (QED) is 0.797. The van der Waals surface area contributed by atoms with Crippen molar-refractivity contribution < 1.29 is 5.11 Å². The van der Waals surface area contributed by atoms with Gasteiger partial charge in [0, 0.05) is 13.1 Å². The van der Waals surface area contributed by atoms with Gasteiger partial charge in [-0.1, -0.05) is 54.9 Å². The van der Waals surface area contributed by atoms with Crippen LogP contribution in [-0.4, -0.2) is 35.7 Å². The fraction of sp³-hybridized carbons (Fsp3) is 1.00. The lowest BCUT2D eigenvalue weighted by molar-refractivity contribution is 0.0192. The van der Waals surface area contributed by atoms with Crippen molar-refractivity contribution in [2.75, 3.05) is 20.1 Å². The minimum Gasteiger partial charge on any atom is -0.390 e. The summed E-state index contributed by atoms with van der Waals surface area (Å²) in [5.41, 5.74) is -0.0934. The Morgan fingerprint density at radius 2 is 1.20 bits per heavy atom. The second-order valence-electron chi connectivity index (χ2n) is 8.59. The van der Waals surface area contributed by atoms with E-state index in [-0.39, 0.29) is 18.9 Å². The van der Waals surface area contributed by atoms with E-state index in [0.29, 0.717) is 5.41 Å². The summed E-state index contributed by atoms with van der Waals surface area (Å²) in [6.07, 6.45) is 2.08. The number of rotatable bonds is 5. The second-order valence-corrected chi connectivity index (χ2v) is 8.59. The van der Waals surface area contributed by atoms with Crippen LogP contribution >= 0.6 is 13.5 Å². The van der Waals surface area contributed by atoms with Crippen LogP contribution in [0.5, 0.6) is 0 Å². The molecule has 0 saturated heterocycles. The minimum atomic E-state index is -0.577. The molecule has 0 unspecified atom stereocenters. The molecule has 0 amide bonds. The van der Waals surface area contributed by atoms with E-state index in [9.17, 15) is 5.11 Å². The zero-order valence-corrected chi connectivity index (χ0v) is 16.7. The number of hydrogen-bond acceptors (Lipinski definition) is 2. The van der Waals surface area contributed by atoms with Crippen molar-refractivity contribution in [3.63, 3.8) is 0 Å². The Bertz CT molecular complexity index is 226. The predicted molar refractivity (Wildman–Crippen MR) is 98.0 cm³/mol. The van der Waals surface area contributed by atoms with Gasteiger partial charge in [0.1, 0.15) is 0 Å². The number of hydrogen-bond donors (Lipinski definition) is 1. The largest absolute Gasteiger partial charge is 0.390 e. The van der Waals surface area contributed by atoms with Crippen molar-refractivity contribution in [2.45, 2.75) is 80.8 Å². The van der Waals surface area contributed by atoms with E-state index in [2.05, 4.69) is 60.4 Å². The first-order chi connectivity index (χ1) is 8.22. The van der Waals surface area contributed by atoms with Crippen LogP contribution in [0.2, 0.25) is 0 Å². The molecule has 3 heteroatoms. The zero-order chi connectivity index (χ0) is 15.9. The van der Waals surface area contributed by atoms with Gasteiger partial charge in [0.05, 0.1) is 5.60 Å². The van der Waals surface area contributed by atoms with Gasteiger partial charge in [0.25, 0.3) is 0 Å². The third-order valence-corrected chi connectivity index (χ3v) is 2.35. The molecular formula is C17H41NOS. The highest BCUT2D eigenvalue weighted by Crippen LogP contribution is 2.29. The van der Waals surface area contributed by atoms with E-state index in [4.69, 9.17) is 0 Å². The molecular weight excluding hydrogens is 266 g/mol. The summed E-state index contributed by atoms with van der Waals surface area (Å²) < 4.78 is 0. The SMILES string of the molecule is CCC.CN(CC(C)(C)C)CC(C)(C)CC(C)(C)O.S. The van der Waals surface area contributed by atoms with Crippen molar-refractivity contribution in [1.29, 1.82) is 0 Å². The molecule has 126 valence electrons. The summed E-state index contributed by atoms with van der Waals surface area (Å²) in [4.78, 5) is 2.37. The van der Waals surface area contributed by atoms with Crippen LogP contribution < -0.4 is 0 Å². The highest BCUT2D eigenvalue weighted by atomic mass is 32.1. The average molecular weight is 308 g/mol. The molecule has 0 aliphatic heterocycles. The van der Waals surface area contributed by atoms with Crippen molar-refractivity contribution in [3.8, 4) is 0 Å². The lowest BCUT2D eigenvalue weighted by Gasteiger charge is -2.37. The normalized spacial score (nSPS) is 12.6. The Morgan fingerprint density at radius 1 is 0.850 bits per heavy atom. The standard InChI is InChI=1S/C14H31NO.C3H8.H2S/c1-12(2,3)10-15(8)11-13(4,5)9-14(6,7)16;1-3-2;/h16H,9-11H2,1-8H3;3H2,1-2H3;1H2. The molecule has 0 heterocycles. The third kappa shape index (κ3) is 20.6. The topological polar surface area (TPSA) is 23.5 Å². The number of aliphatic hydroxyl groups is 1. The first-order valence-electron chi connectivity index (χ1n) is 7.63. The molecule has 0 aliphatic rings. The monoisotopic (exact) mass is 307 g/mol. The Balaban J connectivity index is -0.000000657. The van der Waals surface area contributed by atoms with E-state index in [1.54, 1.807) is 0 Å². The zero-order valence-electron chi connectivity index (χ0n) is 15.7. The maximum atomic E-state index is 9.88. The van der Waals surface area contributed by atoms with Crippen LogP contribution in [0.25, 0.3) is 0 Å². The van der Waals surface area contributed by atoms with Crippen LogP contribution in [0.4, 0.5) is 0 Å². The number of nitrogens with zero attached hydrogens (tertiary/aromatic N) is 1. The fourth-order valence-corrected chi connectivity index (χ4v) is 2.82. The minimum absolute atomic E-state index is 0. The Morgan fingerprint density at radius 3 is 1.45 bits per heavy atom. The van der Waals surface area contributed by atoms with E-state index >= 15 is 0 Å². The molecule has 0 aromatic rings. The second kappa shape index (κ2) is 10.1. The first-order valence-corrected chi connectivity index (χ1v) is 7.63. The molecule has 0 fully saturated rings. The Kier molecular flexibility index (Phi) is 12.7. The predicted octanol–water partition coefficient (Wildman–Crippen LogP) is 4.68. The van der Waals surface area contributed by atoms with Crippen LogP contribution in [0.3, 0.4) is 0 Å². The van der Waals surface area contributed by atoms with Gasteiger partial charge in [-0.2, -0.15) is 13.5 Å². The van der Waals surface area contributed by atoms with Crippen LogP contribution in [-0.2, 0) is 0 Å². The molecule has 2 nitrogen and oxygen atoms in total. The van der Waals surface area contributed by atoms with Crippen molar-refractivity contribution in [3.05, 3.63) is 0 Å². The third-order valence-electron chi connectivity index (χ3n) is 2.35. The van der Waals surface area contributed by atoms with Gasteiger partial charge in [-0.25, -0.2) is 0 Å². The summed E-state index contributed by atoms with van der Waals surface area (Å²) in [6, 6.07) is 0. The summed E-state index contributed by atoms with van der Waals surface area (Å²) in [5.74, 6) is 0. The molecule has 1 N–H and O–H groups in total. The Hall–Kier alpha value is 0.270. The van der Waals surface area contributed by atoms with Crippen molar-refractivity contribution in [2.24, 2.45) is 10.8 Å². The van der Waals surface area contributed by atoms with Crippen LogP contribution in [0.1, 0.15) is 75.2 Å². The molecule has 0 radical (unpaired) electrons. The summed E-state index contributed by atoms with van der Waals surface area (Å²) in [6.45, 7) is 21.4. The summed E-state index contributed by atoms with van der Waals surface area (Å²) >= 11 is 0. The highest BCUT2D eigenvalue weighted by Gasteiger charge is 2.28. The van der Waals surface area contributed by atoms with Gasteiger partial charge in [0.15, 0.2) is 0 Å². The van der Waals surface area contributed by atoms with Gasteiger partial charge >= 0.3 is 0 Å². The van der Waals surface area contributed by atoms with Gasteiger partial charge in [-0.05, 0) is 38.1 Å². The van der Waals surface area contributed by atoms with Gasteiger partial charge in [-0.3, -0.25) is 0 Å². The molecule has 20 heavy (non-hydrogen) atoms.